The number of aromatic nitrogens is 5. The minimum absolute atomic E-state index is 0.0913. The van der Waals surface area contributed by atoms with Gasteiger partial charge in [0.05, 0.1) is 26.9 Å². The monoisotopic (exact) mass is 663 g/mol. The van der Waals surface area contributed by atoms with Gasteiger partial charge < -0.3 is 25.0 Å². The summed E-state index contributed by atoms with van der Waals surface area (Å²) in [6, 6.07) is 2.31. The number of carbonyl (C=O) groups is 1. The fourth-order valence-corrected chi connectivity index (χ4v) is 6.26. The highest BCUT2D eigenvalue weighted by Crippen LogP contribution is 2.43. The molecule has 0 atom stereocenters. The SMILES string of the molecule is COc1ncc(-c2ccc(N(C(=O)NCC(F)F)C3CCC(Nc4ncc(C(F)(F)F)c(N5CCC6(COC6)C5)n4)CC3)nc2)cn1. The largest absolute Gasteiger partial charge is 0.467 e. The van der Waals surface area contributed by atoms with Gasteiger partial charge in [-0.15, -0.1) is 0 Å². The van der Waals surface area contributed by atoms with Crippen molar-refractivity contribution in [1.82, 2.24) is 30.2 Å². The number of anilines is 3. The molecule has 0 radical (unpaired) electrons. The first kappa shape index (κ1) is 32.5. The summed E-state index contributed by atoms with van der Waals surface area (Å²) in [7, 11) is 1.45. The molecule has 2 aliphatic heterocycles. The van der Waals surface area contributed by atoms with Gasteiger partial charge in [-0.25, -0.2) is 33.5 Å². The summed E-state index contributed by atoms with van der Waals surface area (Å²) in [4.78, 5) is 37.1. The third-order valence-corrected chi connectivity index (χ3v) is 8.79. The minimum atomic E-state index is -4.61. The Kier molecular flexibility index (Phi) is 9.25. The van der Waals surface area contributed by atoms with Crippen LogP contribution in [0.5, 0.6) is 6.01 Å². The summed E-state index contributed by atoms with van der Waals surface area (Å²) in [5.74, 6) is 0.223. The first-order chi connectivity index (χ1) is 22.5. The van der Waals surface area contributed by atoms with Gasteiger partial charge in [-0.1, -0.05) is 0 Å². The first-order valence-corrected chi connectivity index (χ1v) is 15.2. The highest BCUT2D eigenvalue weighted by molar-refractivity contribution is 5.91. The highest BCUT2D eigenvalue weighted by Gasteiger charge is 2.47. The lowest BCUT2D eigenvalue weighted by Crippen LogP contribution is -2.50. The van der Waals surface area contributed by atoms with E-state index in [9.17, 15) is 26.7 Å². The molecule has 0 aromatic carbocycles. The molecular formula is C30H34F5N9O3. The Bertz CT molecular complexity index is 1530. The number of amides is 2. The molecule has 3 aliphatic rings. The summed E-state index contributed by atoms with van der Waals surface area (Å²) in [5, 5.41) is 5.45. The van der Waals surface area contributed by atoms with Crippen LogP contribution in [0, 0.1) is 5.41 Å². The molecule has 2 amide bonds. The van der Waals surface area contributed by atoms with Gasteiger partial charge in [-0.3, -0.25) is 4.90 Å². The Morgan fingerprint density at radius 1 is 1.06 bits per heavy atom. The molecule has 2 N–H and O–H groups in total. The van der Waals surface area contributed by atoms with Crippen molar-refractivity contribution in [2.45, 2.75) is 56.8 Å². The number of nitrogens with zero attached hydrogens (tertiary/aromatic N) is 7. The molecule has 2 saturated heterocycles. The fourth-order valence-electron chi connectivity index (χ4n) is 6.26. The molecule has 0 bridgehead atoms. The van der Waals surface area contributed by atoms with Crippen LogP contribution in [0.25, 0.3) is 11.1 Å². The standard InChI is InChI=1S/C30H34F5N9O3/c1-46-27-38-11-19(12-39-27)18-2-7-24(36-10-18)44(28(45)40-14-23(31)32)21-5-3-20(4-6-21)41-26-37-13-22(30(33,34)35)25(42-26)43-9-8-29(15-43)16-47-17-29/h2,7,10-13,20-21,23H,3-6,8-9,14-17H2,1H3,(H,40,45)(H,37,41,42). The Balaban J connectivity index is 1.14. The van der Waals surface area contributed by atoms with Gasteiger partial charge in [0.15, 0.2) is 0 Å². The number of urea groups is 1. The minimum Gasteiger partial charge on any atom is -0.467 e. The van der Waals surface area contributed by atoms with Crippen molar-refractivity contribution in [2.75, 3.05) is 55.1 Å². The van der Waals surface area contributed by atoms with Crippen molar-refractivity contribution < 1.29 is 36.2 Å². The van der Waals surface area contributed by atoms with Gasteiger partial charge in [0.2, 0.25) is 5.95 Å². The van der Waals surface area contributed by atoms with Crippen molar-refractivity contribution in [1.29, 1.82) is 0 Å². The molecular weight excluding hydrogens is 629 g/mol. The van der Waals surface area contributed by atoms with Crippen LogP contribution in [0.4, 0.5) is 44.3 Å². The maximum absolute atomic E-state index is 13.9. The quantitative estimate of drug-likeness (QED) is 0.309. The molecule has 17 heteroatoms. The van der Waals surface area contributed by atoms with Crippen LogP contribution < -0.4 is 25.2 Å². The second-order valence-corrected chi connectivity index (χ2v) is 12.1. The number of hydrogen-bond donors (Lipinski definition) is 2. The molecule has 252 valence electrons. The Hall–Kier alpha value is -4.41. The van der Waals surface area contributed by atoms with Crippen LogP contribution in [0.1, 0.15) is 37.7 Å². The summed E-state index contributed by atoms with van der Waals surface area (Å²) >= 11 is 0. The van der Waals surface area contributed by atoms with Crippen LogP contribution in [0.3, 0.4) is 0 Å². The van der Waals surface area contributed by atoms with Crippen LogP contribution in [-0.4, -0.2) is 89.4 Å². The topological polar surface area (TPSA) is 131 Å². The number of halogens is 5. The van der Waals surface area contributed by atoms with E-state index in [1.54, 1.807) is 35.6 Å². The zero-order valence-corrected chi connectivity index (χ0v) is 25.5. The summed E-state index contributed by atoms with van der Waals surface area (Å²) in [5.41, 5.74) is 0.331. The maximum atomic E-state index is 13.9. The number of nitrogens with one attached hydrogen (secondary N) is 2. The normalized spacial score (nSPS) is 20.6. The van der Waals surface area contributed by atoms with Crippen LogP contribution >= 0.6 is 0 Å². The molecule has 47 heavy (non-hydrogen) atoms. The molecule has 3 fully saturated rings. The van der Waals surface area contributed by atoms with E-state index >= 15 is 0 Å². The molecule has 1 saturated carbocycles. The van der Waals surface area contributed by atoms with E-state index in [2.05, 4.69) is 35.6 Å². The summed E-state index contributed by atoms with van der Waals surface area (Å²) in [6.45, 7) is 1.12. The molecule has 3 aromatic rings. The lowest BCUT2D eigenvalue weighted by atomic mass is 9.85. The molecule has 1 spiro atoms. The number of methoxy groups -OCH3 is 1. The van der Waals surface area contributed by atoms with Crippen molar-refractivity contribution in [3.05, 3.63) is 42.5 Å². The lowest BCUT2D eigenvalue weighted by Gasteiger charge is -2.38. The van der Waals surface area contributed by atoms with Gasteiger partial charge in [0.1, 0.15) is 17.2 Å². The second kappa shape index (κ2) is 13.4. The number of rotatable bonds is 9. The van der Waals surface area contributed by atoms with E-state index in [0.29, 0.717) is 63.1 Å². The van der Waals surface area contributed by atoms with E-state index in [-0.39, 0.29) is 41.1 Å². The van der Waals surface area contributed by atoms with E-state index < -0.39 is 30.7 Å². The maximum Gasteiger partial charge on any atom is 0.421 e. The van der Waals surface area contributed by atoms with Crippen LogP contribution in [0.2, 0.25) is 0 Å². The van der Waals surface area contributed by atoms with Crippen LogP contribution in [0.15, 0.2) is 36.9 Å². The van der Waals surface area contributed by atoms with Crippen molar-refractivity contribution in [3.8, 4) is 17.1 Å². The van der Waals surface area contributed by atoms with E-state index in [1.807, 2.05) is 0 Å². The summed E-state index contributed by atoms with van der Waals surface area (Å²) < 4.78 is 77.9. The zero-order valence-electron chi connectivity index (χ0n) is 25.5. The van der Waals surface area contributed by atoms with Gasteiger partial charge >= 0.3 is 18.2 Å². The molecule has 3 aromatic heterocycles. The number of hydrogen-bond acceptors (Lipinski definition) is 10. The van der Waals surface area contributed by atoms with Gasteiger partial charge in [0, 0.05) is 66.5 Å². The molecule has 1 aliphatic carbocycles. The molecule has 6 rings (SSSR count). The van der Waals surface area contributed by atoms with E-state index in [4.69, 9.17) is 9.47 Å². The summed E-state index contributed by atoms with van der Waals surface area (Å²) in [6.07, 6.45) is 0.876. The third kappa shape index (κ3) is 7.29. The molecule has 5 heterocycles. The van der Waals surface area contributed by atoms with Gasteiger partial charge in [-0.2, -0.15) is 18.2 Å². The van der Waals surface area contributed by atoms with Crippen molar-refractivity contribution in [3.63, 3.8) is 0 Å². The fraction of sp³-hybridized carbons (Fsp3) is 0.533. The average molecular weight is 664 g/mol. The average Bonchev–Trinajstić information content (AvgIpc) is 3.52. The van der Waals surface area contributed by atoms with Crippen molar-refractivity contribution in [2.24, 2.45) is 5.41 Å². The first-order valence-electron chi connectivity index (χ1n) is 15.2. The van der Waals surface area contributed by atoms with E-state index in [0.717, 1.165) is 12.6 Å². The number of pyridine rings is 1. The lowest BCUT2D eigenvalue weighted by molar-refractivity contribution is -0.137. The number of carbonyl (C=O) groups excluding carboxylic acids is 1. The number of ether oxygens (including phenoxy) is 2. The van der Waals surface area contributed by atoms with Crippen molar-refractivity contribution >= 4 is 23.6 Å². The number of alkyl halides is 5. The predicted molar refractivity (Wildman–Crippen MR) is 160 cm³/mol. The predicted octanol–water partition coefficient (Wildman–Crippen LogP) is 4.79. The van der Waals surface area contributed by atoms with Gasteiger partial charge in [-0.05, 0) is 44.2 Å². The Morgan fingerprint density at radius 3 is 2.36 bits per heavy atom. The second-order valence-electron chi connectivity index (χ2n) is 12.1. The smallest absolute Gasteiger partial charge is 0.421 e. The van der Waals surface area contributed by atoms with Gasteiger partial charge in [0.25, 0.3) is 6.43 Å². The van der Waals surface area contributed by atoms with Crippen LogP contribution in [-0.2, 0) is 10.9 Å². The third-order valence-electron chi connectivity index (χ3n) is 8.79. The molecule has 0 unspecified atom stereocenters. The Morgan fingerprint density at radius 2 is 1.79 bits per heavy atom. The highest BCUT2D eigenvalue weighted by atomic mass is 19.4. The zero-order chi connectivity index (χ0) is 33.2. The van der Waals surface area contributed by atoms with E-state index in [1.165, 1.54) is 12.0 Å². The molecule has 12 nitrogen and oxygen atoms in total. The Labute approximate surface area is 267 Å².